The van der Waals surface area contributed by atoms with Gasteiger partial charge in [0.2, 0.25) is 5.91 Å². The largest absolute Gasteiger partial charge is 0.489 e. The topological polar surface area (TPSA) is 97.4 Å². The molecule has 42 heavy (non-hydrogen) atoms. The summed E-state index contributed by atoms with van der Waals surface area (Å²) in [7, 11) is 1.38. The van der Waals surface area contributed by atoms with E-state index in [1.54, 1.807) is 17.9 Å². The average molecular weight is 574 g/mol. The van der Waals surface area contributed by atoms with Gasteiger partial charge in [0.25, 0.3) is 5.91 Å². The molecule has 9 nitrogen and oxygen atoms in total. The van der Waals surface area contributed by atoms with Gasteiger partial charge in [-0.1, -0.05) is 67.6 Å². The second-order valence-corrected chi connectivity index (χ2v) is 10.1. The quantitative estimate of drug-likeness (QED) is 0.367. The van der Waals surface area contributed by atoms with Crippen molar-refractivity contribution in [1.29, 1.82) is 0 Å². The maximum atomic E-state index is 12.9. The first-order chi connectivity index (χ1) is 20.5. The summed E-state index contributed by atoms with van der Waals surface area (Å²) in [5.74, 6) is 0.206. The fourth-order valence-corrected chi connectivity index (χ4v) is 4.71. The Hall–Kier alpha value is -4.21. The van der Waals surface area contributed by atoms with Crippen LogP contribution in [0.3, 0.4) is 0 Å². The molecule has 1 saturated heterocycles. The minimum Gasteiger partial charge on any atom is -0.489 e. The molecule has 2 aliphatic rings. The smallest absolute Gasteiger partial charge is 0.305 e. The van der Waals surface area contributed by atoms with Gasteiger partial charge in [-0.25, -0.2) is 0 Å². The number of amides is 2. The maximum Gasteiger partial charge on any atom is 0.305 e. The molecule has 9 heteroatoms. The third-order valence-electron chi connectivity index (χ3n) is 7.11. The molecular weight excluding hydrogens is 534 g/mol. The molecule has 0 radical (unpaired) electrons. The Balaban J connectivity index is 0.000000612. The van der Waals surface area contributed by atoms with Crippen LogP contribution in [-0.2, 0) is 45.3 Å². The summed E-state index contributed by atoms with van der Waals surface area (Å²) < 4.78 is 15.8. The molecule has 0 aromatic heterocycles. The molecule has 1 fully saturated rings. The van der Waals surface area contributed by atoms with E-state index in [2.05, 4.69) is 39.2 Å². The SMILES string of the molecule is CCC(=O)OC.O=C(CN1Cc2c(OCc3ccc(CN4CCOCC4)cc3)cccc2C1=O)NCc1ccccc1. The molecule has 3 aromatic carbocycles. The first kappa shape index (κ1) is 30.7. The Morgan fingerprint density at radius 1 is 0.905 bits per heavy atom. The van der Waals surface area contributed by atoms with Crippen LogP contribution < -0.4 is 10.1 Å². The molecule has 0 spiro atoms. The lowest BCUT2D eigenvalue weighted by atomic mass is 10.1. The van der Waals surface area contributed by atoms with Crippen molar-refractivity contribution in [2.75, 3.05) is 40.0 Å². The van der Waals surface area contributed by atoms with E-state index in [-0.39, 0.29) is 24.3 Å². The highest BCUT2D eigenvalue weighted by Crippen LogP contribution is 2.31. The van der Waals surface area contributed by atoms with Gasteiger partial charge in [0.05, 0.1) is 26.9 Å². The van der Waals surface area contributed by atoms with E-state index >= 15 is 0 Å². The van der Waals surface area contributed by atoms with Crippen molar-refractivity contribution in [1.82, 2.24) is 15.1 Å². The van der Waals surface area contributed by atoms with Crippen LogP contribution in [-0.4, -0.2) is 67.5 Å². The Morgan fingerprint density at radius 3 is 2.29 bits per heavy atom. The van der Waals surface area contributed by atoms with Crippen molar-refractivity contribution in [3.05, 3.63) is 101 Å². The zero-order valence-electron chi connectivity index (χ0n) is 24.3. The highest BCUT2D eigenvalue weighted by molar-refractivity contribution is 6.00. The fraction of sp³-hybridized carbons (Fsp3) is 0.364. The number of hydrogen-bond donors (Lipinski definition) is 1. The van der Waals surface area contributed by atoms with Crippen LogP contribution in [0, 0.1) is 0 Å². The highest BCUT2D eigenvalue weighted by atomic mass is 16.5. The van der Waals surface area contributed by atoms with Crippen molar-refractivity contribution in [3.63, 3.8) is 0 Å². The van der Waals surface area contributed by atoms with E-state index in [9.17, 15) is 14.4 Å². The zero-order chi connectivity index (χ0) is 29.7. The number of carbonyl (C=O) groups excluding carboxylic acids is 3. The normalized spacial score (nSPS) is 14.4. The van der Waals surface area contributed by atoms with Crippen molar-refractivity contribution in [2.45, 2.75) is 39.6 Å². The average Bonchev–Trinajstić information content (AvgIpc) is 3.35. The molecule has 0 saturated carbocycles. The number of nitrogens with one attached hydrogen (secondary N) is 1. The predicted octanol–water partition coefficient (Wildman–Crippen LogP) is 3.94. The summed E-state index contributed by atoms with van der Waals surface area (Å²) in [5, 5.41) is 2.89. The lowest BCUT2D eigenvalue weighted by molar-refractivity contribution is -0.140. The van der Waals surface area contributed by atoms with Gasteiger partial charge >= 0.3 is 5.97 Å². The van der Waals surface area contributed by atoms with Gasteiger partial charge in [-0.05, 0) is 28.8 Å². The molecule has 5 rings (SSSR count). The van der Waals surface area contributed by atoms with Crippen molar-refractivity contribution in [3.8, 4) is 5.75 Å². The first-order valence-corrected chi connectivity index (χ1v) is 14.3. The molecule has 0 atom stereocenters. The van der Waals surface area contributed by atoms with Crippen LogP contribution in [0.15, 0.2) is 72.8 Å². The van der Waals surface area contributed by atoms with Gasteiger partial charge in [-0.15, -0.1) is 0 Å². The van der Waals surface area contributed by atoms with Crippen LogP contribution in [0.5, 0.6) is 5.75 Å². The standard InChI is InChI=1S/C29H31N3O4.C4H8O2/c33-28(30-17-22-5-2-1-3-6-22)20-32-19-26-25(29(32)34)7-4-8-27(26)36-21-24-11-9-23(10-12-24)18-31-13-15-35-16-14-31;1-3-4(5)6-2/h1-12H,13-21H2,(H,30,33);3H2,1-2H3. The van der Waals surface area contributed by atoms with E-state index in [1.165, 1.54) is 12.7 Å². The van der Waals surface area contributed by atoms with Gasteiger partial charge in [0.15, 0.2) is 0 Å². The van der Waals surface area contributed by atoms with Crippen molar-refractivity contribution >= 4 is 17.8 Å². The summed E-state index contributed by atoms with van der Waals surface area (Å²) >= 11 is 0. The minimum atomic E-state index is -0.181. The number of ether oxygens (including phenoxy) is 3. The number of carbonyl (C=O) groups is 3. The zero-order valence-corrected chi connectivity index (χ0v) is 24.3. The summed E-state index contributed by atoms with van der Waals surface area (Å²) in [6.45, 7) is 7.44. The molecule has 0 unspecified atom stereocenters. The third kappa shape index (κ3) is 8.89. The lowest BCUT2D eigenvalue weighted by Gasteiger charge is -2.26. The molecule has 2 aliphatic heterocycles. The van der Waals surface area contributed by atoms with Gasteiger partial charge in [-0.2, -0.15) is 0 Å². The monoisotopic (exact) mass is 573 g/mol. The number of rotatable bonds is 10. The number of benzene rings is 3. The number of fused-ring (bicyclic) bond motifs is 1. The minimum absolute atomic E-state index is 0.0182. The first-order valence-electron chi connectivity index (χ1n) is 14.3. The molecular formula is C33H39N3O6. The number of morpholine rings is 1. The van der Waals surface area contributed by atoms with Crippen molar-refractivity contribution < 1.29 is 28.6 Å². The maximum absolute atomic E-state index is 12.9. The Bertz CT molecular complexity index is 1320. The number of methoxy groups -OCH3 is 1. The van der Waals surface area contributed by atoms with Crippen LogP contribution in [0.4, 0.5) is 0 Å². The molecule has 1 N–H and O–H groups in total. The van der Waals surface area contributed by atoms with Gasteiger partial charge in [0, 0.05) is 43.7 Å². The predicted molar refractivity (Wildman–Crippen MR) is 159 cm³/mol. The number of nitrogens with zero attached hydrogens (tertiary/aromatic N) is 2. The molecule has 2 heterocycles. The summed E-state index contributed by atoms with van der Waals surface area (Å²) in [6.07, 6.45) is 0.469. The Morgan fingerprint density at radius 2 is 1.62 bits per heavy atom. The summed E-state index contributed by atoms with van der Waals surface area (Å²) in [4.78, 5) is 39.3. The van der Waals surface area contributed by atoms with Crippen LogP contribution in [0.2, 0.25) is 0 Å². The van der Waals surface area contributed by atoms with E-state index in [4.69, 9.17) is 9.47 Å². The Kier molecular flexibility index (Phi) is 11.5. The summed E-state index contributed by atoms with van der Waals surface area (Å²) in [5.41, 5.74) is 4.80. The Labute approximate surface area is 247 Å². The summed E-state index contributed by atoms with van der Waals surface area (Å²) in [6, 6.07) is 23.7. The lowest BCUT2D eigenvalue weighted by Crippen LogP contribution is -2.37. The van der Waals surface area contributed by atoms with Gasteiger partial charge in [0.1, 0.15) is 18.9 Å². The second-order valence-electron chi connectivity index (χ2n) is 10.1. The van der Waals surface area contributed by atoms with E-state index < -0.39 is 0 Å². The van der Waals surface area contributed by atoms with Gasteiger partial charge in [-0.3, -0.25) is 19.3 Å². The van der Waals surface area contributed by atoms with E-state index in [0.717, 1.165) is 49.5 Å². The second kappa shape index (κ2) is 15.7. The molecule has 2 amide bonds. The van der Waals surface area contributed by atoms with Gasteiger partial charge < -0.3 is 24.4 Å². The fourth-order valence-electron chi connectivity index (χ4n) is 4.71. The van der Waals surface area contributed by atoms with E-state index in [1.807, 2.05) is 42.5 Å². The number of esters is 1. The van der Waals surface area contributed by atoms with Crippen molar-refractivity contribution in [2.24, 2.45) is 0 Å². The van der Waals surface area contributed by atoms with Crippen LogP contribution in [0.1, 0.15) is 46.0 Å². The highest BCUT2D eigenvalue weighted by Gasteiger charge is 2.31. The molecule has 0 bridgehead atoms. The van der Waals surface area contributed by atoms with E-state index in [0.29, 0.717) is 37.4 Å². The van der Waals surface area contributed by atoms with Crippen LogP contribution in [0.25, 0.3) is 0 Å². The molecule has 0 aliphatic carbocycles. The van der Waals surface area contributed by atoms with Crippen LogP contribution >= 0.6 is 0 Å². The third-order valence-corrected chi connectivity index (χ3v) is 7.11. The molecule has 3 aromatic rings. The molecule has 222 valence electrons. The number of hydrogen-bond acceptors (Lipinski definition) is 7.